The van der Waals surface area contributed by atoms with Crippen LogP contribution < -0.4 is 0 Å². The molecular weight excluding hydrogens is 240 g/mol. The Hall–Kier alpha value is -1.82. The van der Waals surface area contributed by atoms with E-state index in [2.05, 4.69) is 10.1 Å². The van der Waals surface area contributed by atoms with Gasteiger partial charge in [0.1, 0.15) is 24.3 Å². The molecule has 0 bridgehead atoms. The highest BCUT2D eigenvalue weighted by Gasteiger charge is 2.43. The predicted octanol–water partition coefficient (Wildman–Crippen LogP) is 1.52. The van der Waals surface area contributed by atoms with E-state index >= 15 is 0 Å². The van der Waals surface area contributed by atoms with Gasteiger partial charge in [-0.05, 0) is 6.07 Å². The molecule has 0 saturated carbocycles. The summed E-state index contributed by atoms with van der Waals surface area (Å²) < 4.78 is 33.6. The van der Waals surface area contributed by atoms with Gasteiger partial charge in [-0.3, -0.25) is 4.68 Å². The van der Waals surface area contributed by atoms with E-state index in [9.17, 15) is 8.78 Å². The Morgan fingerprint density at radius 2 is 2.17 bits per heavy atom. The van der Waals surface area contributed by atoms with Gasteiger partial charge in [0.2, 0.25) is 0 Å². The van der Waals surface area contributed by atoms with Gasteiger partial charge in [0.05, 0.1) is 25.2 Å². The van der Waals surface area contributed by atoms with Crippen LogP contribution in [-0.4, -0.2) is 28.0 Å². The molecule has 0 atom stereocenters. The molecule has 6 heteroatoms. The van der Waals surface area contributed by atoms with Crippen molar-refractivity contribution in [1.29, 1.82) is 0 Å². The molecule has 0 amide bonds. The van der Waals surface area contributed by atoms with Crippen LogP contribution in [0.5, 0.6) is 0 Å². The summed E-state index contributed by atoms with van der Waals surface area (Å²) in [6.45, 7) is 1.26. The lowest BCUT2D eigenvalue weighted by Crippen LogP contribution is -2.50. The molecule has 4 nitrogen and oxygen atoms in total. The Labute approximate surface area is 102 Å². The van der Waals surface area contributed by atoms with Gasteiger partial charge in [-0.1, -0.05) is 6.07 Å². The summed E-state index contributed by atoms with van der Waals surface area (Å²) in [4.78, 5) is 3.85. The van der Waals surface area contributed by atoms with Gasteiger partial charge in [-0.25, -0.2) is 13.8 Å². The lowest BCUT2D eigenvalue weighted by Gasteiger charge is -2.41. The minimum atomic E-state index is -0.576. The molecule has 0 unspecified atom stereocenters. The Balaban J connectivity index is 1.95. The summed E-state index contributed by atoms with van der Waals surface area (Å²) in [5, 5.41) is 4.01. The maximum absolute atomic E-state index is 13.9. The van der Waals surface area contributed by atoms with E-state index in [1.165, 1.54) is 18.5 Å². The van der Waals surface area contributed by atoms with Crippen LogP contribution in [0.15, 0.2) is 30.9 Å². The number of benzene rings is 1. The fourth-order valence-electron chi connectivity index (χ4n) is 2.22. The maximum Gasteiger partial charge on any atom is 0.137 e. The average Bonchev–Trinajstić information content (AvgIpc) is 2.77. The van der Waals surface area contributed by atoms with E-state index in [4.69, 9.17) is 4.74 Å². The third-order valence-electron chi connectivity index (χ3n) is 3.19. The van der Waals surface area contributed by atoms with Crippen LogP contribution in [0.25, 0.3) is 0 Å². The van der Waals surface area contributed by atoms with E-state index in [0.717, 1.165) is 6.07 Å². The van der Waals surface area contributed by atoms with Crippen molar-refractivity contribution in [2.45, 2.75) is 12.0 Å². The Kier molecular flexibility index (Phi) is 2.59. The monoisotopic (exact) mass is 251 g/mol. The molecule has 1 aliphatic heterocycles. The first kappa shape index (κ1) is 11.3. The lowest BCUT2D eigenvalue weighted by atomic mass is 9.78. The second-order valence-electron chi connectivity index (χ2n) is 4.49. The SMILES string of the molecule is Fc1ccc(C2(Cn3cncn3)COC2)c(F)c1. The van der Waals surface area contributed by atoms with Crippen LogP contribution >= 0.6 is 0 Å². The fourth-order valence-corrected chi connectivity index (χ4v) is 2.22. The number of hydrogen-bond donors (Lipinski definition) is 0. The Morgan fingerprint density at radius 3 is 2.72 bits per heavy atom. The molecule has 18 heavy (non-hydrogen) atoms. The van der Waals surface area contributed by atoms with Gasteiger partial charge in [-0.15, -0.1) is 0 Å². The van der Waals surface area contributed by atoms with Crippen LogP contribution in [0.1, 0.15) is 5.56 Å². The summed E-state index contributed by atoms with van der Waals surface area (Å²) in [7, 11) is 0. The summed E-state index contributed by atoms with van der Waals surface area (Å²) in [5.41, 5.74) is -0.0171. The number of nitrogens with zero attached hydrogens (tertiary/aromatic N) is 3. The summed E-state index contributed by atoms with van der Waals surface area (Å²) >= 11 is 0. The van der Waals surface area contributed by atoms with Crippen LogP contribution in [0.3, 0.4) is 0 Å². The highest BCUT2D eigenvalue weighted by atomic mass is 19.1. The number of hydrogen-bond acceptors (Lipinski definition) is 3. The fraction of sp³-hybridized carbons (Fsp3) is 0.333. The Morgan fingerprint density at radius 1 is 1.33 bits per heavy atom. The maximum atomic E-state index is 13.9. The first-order chi connectivity index (χ1) is 8.70. The van der Waals surface area contributed by atoms with E-state index in [0.29, 0.717) is 25.3 Å². The zero-order chi connectivity index (χ0) is 12.6. The summed E-state index contributed by atoms with van der Waals surface area (Å²) in [6, 6.07) is 3.64. The van der Waals surface area contributed by atoms with Gasteiger partial charge >= 0.3 is 0 Å². The number of halogens is 2. The highest BCUT2D eigenvalue weighted by Crippen LogP contribution is 2.35. The standard InChI is InChI=1S/C12H11F2N3O/c13-9-1-2-10(11(14)3-9)12(5-18-6-12)4-17-8-15-7-16-17/h1-3,7-8H,4-6H2. The van der Waals surface area contributed by atoms with Crippen LogP contribution in [0, 0.1) is 11.6 Å². The van der Waals surface area contributed by atoms with E-state index in [-0.39, 0.29) is 0 Å². The van der Waals surface area contributed by atoms with Crippen molar-refractivity contribution in [2.75, 3.05) is 13.2 Å². The molecule has 0 spiro atoms. The Bertz CT molecular complexity index is 552. The zero-order valence-electron chi connectivity index (χ0n) is 9.51. The van der Waals surface area contributed by atoms with Gasteiger partial charge < -0.3 is 4.74 Å². The van der Waals surface area contributed by atoms with Gasteiger partial charge in [-0.2, -0.15) is 5.10 Å². The number of ether oxygens (including phenoxy) is 1. The molecule has 0 aliphatic carbocycles. The van der Waals surface area contributed by atoms with Gasteiger partial charge in [0.15, 0.2) is 0 Å². The second kappa shape index (κ2) is 4.13. The minimum absolute atomic E-state index is 0.398. The number of aromatic nitrogens is 3. The smallest absolute Gasteiger partial charge is 0.137 e. The minimum Gasteiger partial charge on any atom is -0.379 e. The molecular formula is C12H11F2N3O. The van der Waals surface area contributed by atoms with Crippen molar-refractivity contribution in [3.05, 3.63) is 48.1 Å². The predicted molar refractivity (Wildman–Crippen MR) is 58.9 cm³/mol. The molecule has 1 aromatic heterocycles. The molecule has 2 aromatic rings. The molecule has 94 valence electrons. The molecule has 2 heterocycles. The normalized spacial score (nSPS) is 17.4. The first-order valence-corrected chi connectivity index (χ1v) is 5.55. The van der Waals surface area contributed by atoms with Crippen molar-refractivity contribution in [2.24, 2.45) is 0 Å². The largest absolute Gasteiger partial charge is 0.379 e. The molecule has 0 radical (unpaired) electrons. The van der Waals surface area contributed by atoms with E-state index in [1.807, 2.05) is 0 Å². The van der Waals surface area contributed by atoms with Crippen molar-refractivity contribution >= 4 is 0 Å². The van der Waals surface area contributed by atoms with Crippen LogP contribution in [-0.2, 0) is 16.7 Å². The van der Waals surface area contributed by atoms with E-state index < -0.39 is 17.0 Å². The molecule has 1 saturated heterocycles. The van der Waals surface area contributed by atoms with Gasteiger partial charge in [0, 0.05) is 11.6 Å². The highest BCUT2D eigenvalue weighted by molar-refractivity contribution is 5.30. The van der Waals surface area contributed by atoms with Crippen LogP contribution in [0.2, 0.25) is 0 Å². The first-order valence-electron chi connectivity index (χ1n) is 5.55. The van der Waals surface area contributed by atoms with Crippen molar-refractivity contribution in [3.8, 4) is 0 Å². The lowest BCUT2D eigenvalue weighted by molar-refractivity contribution is -0.0717. The van der Waals surface area contributed by atoms with Gasteiger partial charge in [0.25, 0.3) is 0 Å². The molecule has 0 N–H and O–H groups in total. The third kappa shape index (κ3) is 1.78. The average molecular weight is 251 g/mol. The van der Waals surface area contributed by atoms with Crippen LogP contribution in [0.4, 0.5) is 8.78 Å². The molecule has 1 fully saturated rings. The summed E-state index contributed by atoms with van der Waals surface area (Å²) in [6.07, 6.45) is 3.00. The van der Waals surface area contributed by atoms with Crippen molar-refractivity contribution < 1.29 is 13.5 Å². The molecule has 1 aromatic carbocycles. The van der Waals surface area contributed by atoms with Crippen molar-refractivity contribution in [3.63, 3.8) is 0 Å². The second-order valence-corrected chi connectivity index (χ2v) is 4.49. The van der Waals surface area contributed by atoms with Crippen molar-refractivity contribution in [1.82, 2.24) is 14.8 Å². The zero-order valence-corrected chi connectivity index (χ0v) is 9.51. The number of rotatable bonds is 3. The topological polar surface area (TPSA) is 39.9 Å². The quantitative estimate of drug-likeness (QED) is 0.830. The molecule has 3 rings (SSSR count). The summed E-state index contributed by atoms with van der Waals surface area (Å²) in [5.74, 6) is -1.12. The molecule has 1 aliphatic rings. The third-order valence-corrected chi connectivity index (χ3v) is 3.19. The van der Waals surface area contributed by atoms with E-state index in [1.54, 1.807) is 11.0 Å².